The summed E-state index contributed by atoms with van der Waals surface area (Å²) in [5.41, 5.74) is 2.30. The fraction of sp³-hybridized carbons (Fsp3) is 0.500. The van der Waals surface area contributed by atoms with Gasteiger partial charge in [-0.05, 0) is 68.2 Å². The summed E-state index contributed by atoms with van der Waals surface area (Å²) in [5, 5.41) is 1.36. The minimum atomic E-state index is -0.111. The van der Waals surface area contributed by atoms with Crippen molar-refractivity contribution < 1.29 is 14.3 Å². The number of ketones is 1. The molecule has 34 heavy (non-hydrogen) atoms. The molecule has 0 N–H and O–H groups in total. The normalized spacial score (nSPS) is 18.2. The summed E-state index contributed by atoms with van der Waals surface area (Å²) >= 11 is 3.16. The zero-order valence-corrected chi connectivity index (χ0v) is 21.4. The highest BCUT2D eigenvalue weighted by Gasteiger charge is 2.27. The molecule has 0 bridgehead atoms. The molecule has 180 valence electrons. The molecule has 1 atom stereocenters. The molecule has 1 unspecified atom stereocenters. The number of fused-ring (bicyclic) bond motifs is 3. The van der Waals surface area contributed by atoms with Gasteiger partial charge in [0.2, 0.25) is 0 Å². The van der Waals surface area contributed by atoms with Crippen molar-refractivity contribution in [3.05, 3.63) is 44.6 Å². The summed E-state index contributed by atoms with van der Waals surface area (Å²) in [7, 11) is 3.25. The molecule has 0 spiro atoms. The van der Waals surface area contributed by atoms with E-state index in [9.17, 15) is 9.59 Å². The molecule has 1 saturated carbocycles. The van der Waals surface area contributed by atoms with Gasteiger partial charge in [-0.3, -0.25) is 14.2 Å². The van der Waals surface area contributed by atoms with Crippen molar-refractivity contribution >= 4 is 39.1 Å². The van der Waals surface area contributed by atoms with Crippen LogP contribution in [0, 0.1) is 0 Å². The SMILES string of the molecule is COc1ccc(CCn2c(SC3CCCCC3=O)nc3sc4c(c3c2=O)CCCC4)cc1OC. The van der Waals surface area contributed by atoms with Gasteiger partial charge in [0, 0.05) is 17.8 Å². The lowest BCUT2D eigenvalue weighted by atomic mass is 9.97. The topological polar surface area (TPSA) is 70.4 Å². The lowest BCUT2D eigenvalue weighted by Crippen LogP contribution is -2.27. The largest absolute Gasteiger partial charge is 0.493 e. The number of hydrogen-bond acceptors (Lipinski definition) is 7. The Morgan fingerprint density at radius 1 is 1.06 bits per heavy atom. The van der Waals surface area contributed by atoms with E-state index >= 15 is 0 Å². The Morgan fingerprint density at radius 2 is 1.85 bits per heavy atom. The van der Waals surface area contributed by atoms with Crippen LogP contribution in [-0.2, 0) is 30.6 Å². The smallest absolute Gasteiger partial charge is 0.263 e. The summed E-state index contributed by atoms with van der Waals surface area (Å²) in [5.74, 6) is 1.64. The number of hydrogen-bond donors (Lipinski definition) is 0. The Bertz CT molecular complexity index is 1280. The molecule has 6 nitrogen and oxygen atoms in total. The van der Waals surface area contributed by atoms with Crippen molar-refractivity contribution in [3.63, 3.8) is 0 Å². The first kappa shape index (κ1) is 23.4. The number of rotatable bonds is 7. The highest BCUT2D eigenvalue weighted by Crippen LogP contribution is 2.37. The standard InChI is InChI=1S/C26H30N2O4S2/c1-31-19-12-11-16(15-20(19)32-2)13-14-28-25(30)23-17-7-3-5-9-21(17)33-24(23)27-26(28)34-22-10-6-4-8-18(22)29/h11-12,15,22H,3-10,13-14H2,1-2H3. The zero-order chi connectivity index (χ0) is 23.7. The van der Waals surface area contributed by atoms with Gasteiger partial charge in [-0.25, -0.2) is 4.98 Å². The van der Waals surface area contributed by atoms with Gasteiger partial charge in [0.15, 0.2) is 16.7 Å². The molecule has 0 amide bonds. The number of methoxy groups -OCH3 is 2. The average Bonchev–Trinajstić information content (AvgIpc) is 3.23. The lowest BCUT2D eigenvalue weighted by Gasteiger charge is -2.21. The van der Waals surface area contributed by atoms with Crippen LogP contribution in [0.15, 0.2) is 28.2 Å². The van der Waals surface area contributed by atoms with Crippen LogP contribution in [0.5, 0.6) is 11.5 Å². The first-order chi connectivity index (χ1) is 16.6. The molecular weight excluding hydrogens is 468 g/mol. The third kappa shape index (κ3) is 4.50. The van der Waals surface area contributed by atoms with Crippen LogP contribution >= 0.6 is 23.1 Å². The van der Waals surface area contributed by atoms with Crippen LogP contribution in [0.25, 0.3) is 10.2 Å². The van der Waals surface area contributed by atoms with Gasteiger partial charge in [0.1, 0.15) is 10.6 Å². The van der Waals surface area contributed by atoms with Crippen LogP contribution in [0.1, 0.15) is 54.5 Å². The third-order valence-electron chi connectivity index (χ3n) is 6.86. The lowest BCUT2D eigenvalue weighted by molar-refractivity contribution is -0.119. The van der Waals surface area contributed by atoms with Gasteiger partial charge < -0.3 is 9.47 Å². The predicted octanol–water partition coefficient (Wildman–Crippen LogP) is 5.20. The van der Waals surface area contributed by atoms with E-state index in [-0.39, 0.29) is 16.6 Å². The summed E-state index contributed by atoms with van der Waals surface area (Å²) in [6, 6.07) is 5.85. The van der Waals surface area contributed by atoms with Gasteiger partial charge in [0.05, 0.1) is 24.9 Å². The fourth-order valence-electron chi connectivity index (χ4n) is 4.99. The number of carbonyl (C=O) groups excluding carboxylic acids is 1. The van der Waals surface area contributed by atoms with E-state index in [4.69, 9.17) is 14.5 Å². The molecular formula is C26H30N2O4S2. The van der Waals surface area contributed by atoms with Crippen LogP contribution in [0.2, 0.25) is 0 Å². The van der Waals surface area contributed by atoms with Crippen molar-refractivity contribution in [2.75, 3.05) is 14.2 Å². The van der Waals surface area contributed by atoms with Crippen LogP contribution in [0.3, 0.4) is 0 Å². The molecule has 2 heterocycles. The second kappa shape index (κ2) is 10.1. The number of thiophene rings is 1. The van der Waals surface area contributed by atoms with E-state index in [1.165, 1.54) is 28.6 Å². The van der Waals surface area contributed by atoms with Gasteiger partial charge in [-0.1, -0.05) is 24.2 Å². The zero-order valence-electron chi connectivity index (χ0n) is 19.7. The molecule has 0 aliphatic heterocycles. The number of nitrogens with zero attached hydrogens (tertiary/aromatic N) is 2. The molecule has 0 saturated heterocycles. The number of ether oxygens (including phenoxy) is 2. The second-order valence-electron chi connectivity index (χ2n) is 9.00. The van der Waals surface area contributed by atoms with Gasteiger partial charge >= 0.3 is 0 Å². The summed E-state index contributed by atoms with van der Waals surface area (Å²) in [6.45, 7) is 0.505. The van der Waals surface area contributed by atoms with E-state index in [0.717, 1.165) is 54.3 Å². The fourth-order valence-corrected chi connectivity index (χ4v) is 7.53. The molecule has 1 aromatic carbocycles. The molecule has 1 fully saturated rings. The maximum Gasteiger partial charge on any atom is 0.263 e. The quantitative estimate of drug-likeness (QED) is 0.417. The van der Waals surface area contributed by atoms with Gasteiger partial charge in [-0.15, -0.1) is 11.3 Å². The van der Waals surface area contributed by atoms with E-state index < -0.39 is 0 Å². The summed E-state index contributed by atoms with van der Waals surface area (Å²) < 4.78 is 12.6. The summed E-state index contributed by atoms with van der Waals surface area (Å²) in [6.07, 6.45) is 8.44. The van der Waals surface area contributed by atoms with Crippen molar-refractivity contribution in [1.82, 2.24) is 9.55 Å². The maximum absolute atomic E-state index is 13.8. The second-order valence-corrected chi connectivity index (χ2v) is 11.3. The highest BCUT2D eigenvalue weighted by molar-refractivity contribution is 8.00. The van der Waals surface area contributed by atoms with Crippen LogP contribution in [-0.4, -0.2) is 34.8 Å². The Morgan fingerprint density at radius 3 is 2.65 bits per heavy atom. The van der Waals surface area contributed by atoms with Crippen LogP contribution < -0.4 is 15.0 Å². The Balaban J connectivity index is 1.53. The van der Waals surface area contributed by atoms with Crippen molar-refractivity contribution in [2.45, 2.75) is 74.7 Å². The van der Waals surface area contributed by atoms with E-state index in [2.05, 4.69) is 0 Å². The first-order valence-electron chi connectivity index (χ1n) is 12.0. The molecule has 8 heteroatoms. The van der Waals surface area contributed by atoms with Gasteiger partial charge in [-0.2, -0.15) is 0 Å². The number of aryl methyl sites for hydroxylation is 3. The molecule has 5 rings (SSSR count). The monoisotopic (exact) mass is 498 g/mol. The number of carbonyl (C=O) groups is 1. The Hall–Kier alpha value is -2.32. The number of thioether (sulfide) groups is 1. The van der Waals surface area contributed by atoms with Crippen molar-refractivity contribution in [2.24, 2.45) is 0 Å². The van der Waals surface area contributed by atoms with Crippen LogP contribution in [0.4, 0.5) is 0 Å². The summed E-state index contributed by atoms with van der Waals surface area (Å²) in [4.78, 5) is 33.5. The number of benzene rings is 1. The van der Waals surface area contributed by atoms with Gasteiger partial charge in [0.25, 0.3) is 5.56 Å². The minimum Gasteiger partial charge on any atom is -0.493 e. The molecule has 2 aliphatic carbocycles. The average molecular weight is 499 g/mol. The molecule has 0 radical (unpaired) electrons. The Labute approximate surface area is 207 Å². The third-order valence-corrected chi connectivity index (χ3v) is 9.35. The molecule has 3 aromatic rings. The molecule has 2 aromatic heterocycles. The van der Waals surface area contributed by atoms with E-state index in [1.807, 2.05) is 22.8 Å². The van der Waals surface area contributed by atoms with E-state index in [1.54, 1.807) is 25.6 Å². The predicted molar refractivity (Wildman–Crippen MR) is 137 cm³/mol. The number of Topliss-reactive ketones (excluding diaryl/α,β-unsaturated/α-hetero) is 1. The minimum absolute atomic E-state index is 0.0376. The highest BCUT2D eigenvalue weighted by atomic mass is 32.2. The molecule has 2 aliphatic rings. The van der Waals surface area contributed by atoms with E-state index in [0.29, 0.717) is 36.0 Å². The number of aromatic nitrogens is 2. The Kier molecular flexibility index (Phi) is 6.97. The maximum atomic E-state index is 13.8. The van der Waals surface area contributed by atoms with Crippen molar-refractivity contribution in [3.8, 4) is 11.5 Å². The first-order valence-corrected chi connectivity index (χ1v) is 13.7. The van der Waals surface area contributed by atoms with Crippen molar-refractivity contribution in [1.29, 1.82) is 0 Å².